The lowest BCUT2D eigenvalue weighted by Crippen LogP contribution is -2.40. The van der Waals surface area contributed by atoms with Crippen LogP contribution < -0.4 is 5.32 Å². The summed E-state index contributed by atoms with van der Waals surface area (Å²) in [6.45, 7) is 3.11. The number of hydrogen-bond acceptors (Lipinski definition) is 5. The van der Waals surface area contributed by atoms with Gasteiger partial charge in [0.1, 0.15) is 11.6 Å². The first-order valence-corrected chi connectivity index (χ1v) is 9.37. The van der Waals surface area contributed by atoms with Crippen LogP contribution in [0.4, 0.5) is 4.39 Å². The Hall–Kier alpha value is -2.74. The molecule has 150 valence electrons. The fourth-order valence-electron chi connectivity index (χ4n) is 3.10. The maximum absolute atomic E-state index is 13.6. The third-order valence-electron chi connectivity index (χ3n) is 4.62. The Morgan fingerprint density at radius 2 is 2.18 bits per heavy atom. The molecule has 2 heterocycles. The van der Waals surface area contributed by atoms with Crippen LogP contribution in [0.25, 0.3) is 0 Å². The van der Waals surface area contributed by atoms with Gasteiger partial charge in [-0.3, -0.25) is 9.59 Å². The molecule has 0 aliphatic carbocycles. The van der Waals surface area contributed by atoms with Gasteiger partial charge in [0.25, 0.3) is 5.91 Å². The number of ether oxygens (including phenoxy) is 1. The molecular formula is C20H24FN3O4. The van der Waals surface area contributed by atoms with E-state index in [1.54, 1.807) is 36.1 Å². The Morgan fingerprint density at radius 3 is 2.86 bits per heavy atom. The summed E-state index contributed by atoms with van der Waals surface area (Å²) < 4.78 is 24.2. The standard InChI is InChI=1S/C20H24FN3O4/c1-14-11-18(23-28-14)20(26)24(13-16-6-4-10-27-16)9-8-19(25)22-12-15-5-2-3-7-17(15)21/h2-3,5,7,11,16H,4,6,8-10,12-13H2,1H3,(H,22,25)/t16-/m0/s1. The van der Waals surface area contributed by atoms with Crippen molar-refractivity contribution in [3.8, 4) is 0 Å². The minimum atomic E-state index is -0.362. The van der Waals surface area contributed by atoms with Gasteiger partial charge in [0.2, 0.25) is 5.91 Å². The molecule has 7 nitrogen and oxygen atoms in total. The molecule has 1 aromatic heterocycles. The molecule has 28 heavy (non-hydrogen) atoms. The van der Waals surface area contributed by atoms with Gasteiger partial charge in [-0.05, 0) is 25.8 Å². The summed E-state index contributed by atoms with van der Waals surface area (Å²) in [6, 6.07) is 7.86. The summed E-state index contributed by atoms with van der Waals surface area (Å²) in [4.78, 5) is 26.5. The highest BCUT2D eigenvalue weighted by atomic mass is 19.1. The average molecular weight is 389 g/mol. The number of nitrogens with zero attached hydrogens (tertiary/aromatic N) is 2. The molecule has 1 aliphatic rings. The van der Waals surface area contributed by atoms with Crippen molar-refractivity contribution < 1.29 is 23.2 Å². The number of halogens is 1. The van der Waals surface area contributed by atoms with E-state index in [1.807, 2.05) is 0 Å². The number of rotatable bonds is 8. The molecule has 1 fully saturated rings. The molecule has 1 aliphatic heterocycles. The molecule has 1 atom stereocenters. The van der Waals surface area contributed by atoms with Crippen molar-refractivity contribution >= 4 is 11.8 Å². The minimum Gasteiger partial charge on any atom is -0.376 e. The van der Waals surface area contributed by atoms with E-state index in [1.165, 1.54) is 6.07 Å². The first-order chi connectivity index (χ1) is 13.5. The highest BCUT2D eigenvalue weighted by Crippen LogP contribution is 2.16. The largest absolute Gasteiger partial charge is 0.376 e. The van der Waals surface area contributed by atoms with E-state index >= 15 is 0 Å². The van der Waals surface area contributed by atoms with Gasteiger partial charge < -0.3 is 19.5 Å². The van der Waals surface area contributed by atoms with Crippen LogP contribution in [0.2, 0.25) is 0 Å². The Labute approximate surface area is 162 Å². The molecule has 2 aromatic rings. The number of hydrogen-bond donors (Lipinski definition) is 1. The zero-order valence-electron chi connectivity index (χ0n) is 15.8. The number of carbonyl (C=O) groups is 2. The Bertz CT molecular complexity index is 817. The summed E-state index contributed by atoms with van der Waals surface area (Å²) >= 11 is 0. The molecule has 1 saturated heterocycles. The van der Waals surface area contributed by atoms with Crippen LogP contribution in [-0.2, 0) is 16.1 Å². The fourth-order valence-corrected chi connectivity index (χ4v) is 3.10. The molecular weight excluding hydrogens is 365 g/mol. The predicted octanol–water partition coefficient (Wildman–Crippen LogP) is 2.45. The van der Waals surface area contributed by atoms with E-state index in [9.17, 15) is 14.0 Å². The van der Waals surface area contributed by atoms with E-state index in [0.29, 0.717) is 24.5 Å². The fraction of sp³-hybridized carbons (Fsp3) is 0.450. The summed E-state index contributed by atoms with van der Waals surface area (Å²) in [7, 11) is 0. The van der Waals surface area contributed by atoms with Gasteiger partial charge in [0.15, 0.2) is 5.69 Å². The second-order valence-corrected chi connectivity index (χ2v) is 6.83. The van der Waals surface area contributed by atoms with E-state index < -0.39 is 0 Å². The van der Waals surface area contributed by atoms with Crippen LogP contribution in [0, 0.1) is 12.7 Å². The lowest BCUT2D eigenvalue weighted by Gasteiger charge is -2.24. The smallest absolute Gasteiger partial charge is 0.276 e. The molecule has 0 radical (unpaired) electrons. The Balaban J connectivity index is 1.56. The van der Waals surface area contributed by atoms with Gasteiger partial charge in [0, 0.05) is 44.3 Å². The highest BCUT2D eigenvalue weighted by Gasteiger charge is 2.25. The van der Waals surface area contributed by atoms with Crippen LogP contribution in [-0.4, -0.2) is 47.7 Å². The first kappa shape index (κ1) is 20.0. The lowest BCUT2D eigenvalue weighted by molar-refractivity contribution is -0.121. The van der Waals surface area contributed by atoms with E-state index in [4.69, 9.17) is 9.26 Å². The number of aromatic nitrogens is 1. The second kappa shape index (κ2) is 9.45. The van der Waals surface area contributed by atoms with Crippen LogP contribution >= 0.6 is 0 Å². The van der Waals surface area contributed by atoms with Crippen LogP contribution in [0.5, 0.6) is 0 Å². The number of nitrogens with one attached hydrogen (secondary N) is 1. The van der Waals surface area contributed by atoms with Crippen molar-refractivity contribution in [3.05, 3.63) is 53.2 Å². The minimum absolute atomic E-state index is 0.0431. The van der Waals surface area contributed by atoms with Crippen LogP contribution in [0.3, 0.4) is 0 Å². The lowest BCUT2D eigenvalue weighted by atomic mass is 10.2. The summed E-state index contributed by atoms with van der Waals surface area (Å²) in [5.74, 6) is -0.374. The molecule has 0 saturated carbocycles. The summed E-state index contributed by atoms with van der Waals surface area (Å²) in [5, 5.41) is 6.46. The molecule has 0 bridgehead atoms. The van der Waals surface area contributed by atoms with E-state index in [2.05, 4.69) is 10.5 Å². The van der Waals surface area contributed by atoms with Crippen molar-refractivity contribution in [2.75, 3.05) is 19.7 Å². The maximum atomic E-state index is 13.6. The summed E-state index contributed by atoms with van der Waals surface area (Å²) in [6.07, 6.45) is 1.89. The van der Waals surface area contributed by atoms with Crippen molar-refractivity contribution in [3.63, 3.8) is 0 Å². The third kappa shape index (κ3) is 5.39. The van der Waals surface area contributed by atoms with E-state index in [-0.39, 0.29) is 48.9 Å². The van der Waals surface area contributed by atoms with Gasteiger partial charge in [-0.1, -0.05) is 23.4 Å². The molecule has 1 N–H and O–H groups in total. The number of amides is 2. The summed E-state index contributed by atoms with van der Waals surface area (Å²) in [5.41, 5.74) is 0.628. The molecule has 0 spiro atoms. The predicted molar refractivity (Wildman–Crippen MR) is 99.0 cm³/mol. The van der Waals surface area contributed by atoms with Crippen LogP contribution in [0.1, 0.15) is 41.1 Å². The van der Waals surface area contributed by atoms with Crippen molar-refractivity contribution in [2.24, 2.45) is 0 Å². The van der Waals surface area contributed by atoms with Gasteiger partial charge in [-0.25, -0.2) is 4.39 Å². The molecule has 2 amide bonds. The monoisotopic (exact) mass is 389 g/mol. The molecule has 3 rings (SSSR count). The van der Waals surface area contributed by atoms with Crippen molar-refractivity contribution in [1.29, 1.82) is 0 Å². The quantitative estimate of drug-likeness (QED) is 0.750. The Morgan fingerprint density at radius 1 is 1.36 bits per heavy atom. The first-order valence-electron chi connectivity index (χ1n) is 9.37. The highest BCUT2D eigenvalue weighted by molar-refractivity contribution is 5.92. The number of aryl methyl sites for hydroxylation is 1. The maximum Gasteiger partial charge on any atom is 0.276 e. The molecule has 1 aromatic carbocycles. The zero-order valence-corrected chi connectivity index (χ0v) is 15.8. The molecule has 8 heteroatoms. The molecule has 0 unspecified atom stereocenters. The normalized spacial score (nSPS) is 16.1. The van der Waals surface area contributed by atoms with Crippen molar-refractivity contribution in [1.82, 2.24) is 15.4 Å². The SMILES string of the molecule is Cc1cc(C(=O)N(CCC(=O)NCc2ccccc2F)C[C@@H]2CCCO2)no1. The van der Waals surface area contributed by atoms with E-state index in [0.717, 1.165) is 12.8 Å². The number of carbonyl (C=O) groups excluding carboxylic acids is 2. The van der Waals surface area contributed by atoms with Gasteiger partial charge in [-0.15, -0.1) is 0 Å². The second-order valence-electron chi connectivity index (χ2n) is 6.83. The third-order valence-corrected chi connectivity index (χ3v) is 4.62. The number of benzene rings is 1. The average Bonchev–Trinajstić information content (AvgIpc) is 3.35. The van der Waals surface area contributed by atoms with Crippen LogP contribution in [0.15, 0.2) is 34.9 Å². The Kier molecular flexibility index (Phi) is 6.76. The van der Waals surface area contributed by atoms with Gasteiger partial charge in [-0.2, -0.15) is 0 Å². The topological polar surface area (TPSA) is 84.7 Å². The zero-order chi connectivity index (χ0) is 19.9. The van der Waals surface area contributed by atoms with Gasteiger partial charge in [0.05, 0.1) is 6.10 Å². The van der Waals surface area contributed by atoms with Gasteiger partial charge >= 0.3 is 0 Å². The van der Waals surface area contributed by atoms with Crippen molar-refractivity contribution in [2.45, 2.75) is 38.8 Å².